The number of carbonyl (C=O) groups is 1. The molecule has 0 aliphatic rings. The fourth-order valence-electron chi connectivity index (χ4n) is 1.39. The van der Waals surface area contributed by atoms with Gasteiger partial charge in [0.2, 0.25) is 0 Å². The number of thiophene rings is 1. The fraction of sp³-hybridized carbons (Fsp3) is 0.0833. The Morgan fingerprint density at radius 3 is 2.59 bits per heavy atom. The van der Waals surface area contributed by atoms with Gasteiger partial charge in [0, 0.05) is 17.4 Å². The van der Waals surface area contributed by atoms with Crippen LogP contribution in [-0.2, 0) is 6.42 Å². The lowest BCUT2D eigenvalue weighted by molar-refractivity contribution is 0.0993. The van der Waals surface area contributed by atoms with Gasteiger partial charge in [-0.2, -0.15) is 0 Å². The van der Waals surface area contributed by atoms with Gasteiger partial charge in [-0.25, -0.2) is 8.78 Å². The van der Waals surface area contributed by atoms with Gasteiger partial charge in [0.25, 0.3) is 0 Å². The highest BCUT2D eigenvalue weighted by molar-refractivity contribution is 9.11. The Morgan fingerprint density at radius 1 is 1.24 bits per heavy atom. The van der Waals surface area contributed by atoms with Crippen LogP contribution >= 0.6 is 27.3 Å². The van der Waals surface area contributed by atoms with Crippen LogP contribution in [0.15, 0.2) is 33.4 Å². The molecule has 0 bridgehead atoms. The second kappa shape index (κ2) is 5.06. The van der Waals surface area contributed by atoms with E-state index in [1.54, 1.807) is 11.4 Å². The predicted molar refractivity (Wildman–Crippen MR) is 66.4 cm³/mol. The second-order valence-electron chi connectivity index (χ2n) is 3.49. The van der Waals surface area contributed by atoms with Crippen molar-refractivity contribution in [3.05, 3.63) is 56.2 Å². The minimum absolute atomic E-state index is 0.0698. The minimum atomic E-state index is -0.929. The third-order valence-electron chi connectivity index (χ3n) is 2.24. The Labute approximate surface area is 109 Å². The molecule has 2 rings (SSSR count). The maximum atomic E-state index is 12.9. The van der Waals surface area contributed by atoms with Crippen LogP contribution < -0.4 is 0 Å². The topological polar surface area (TPSA) is 17.1 Å². The van der Waals surface area contributed by atoms with Gasteiger partial charge in [-0.3, -0.25) is 4.79 Å². The molecule has 0 fully saturated rings. The van der Waals surface area contributed by atoms with E-state index in [0.717, 1.165) is 15.9 Å². The Kier molecular flexibility index (Phi) is 3.69. The highest BCUT2D eigenvalue weighted by Gasteiger charge is 2.10. The zero-order valence-corrected chi connectivity index (χ0v) is 10.9. The second-order valence-corrected chi connectivity index (χ2v) is 5.78. The molecule has 0 atom stereocenters. The van der Waals surface area contributed by atoms with E-state index >= 15 is 0 Å². The molecule has 0 aliphatic heterocycles. The summed E-state index contributed by atoms with van der Waals surface area (Å²) in [5.74, 6) is -1.95. The van der Waals surface area contributed by atoms with Crippen LogP contribution in [0.1, 0.15) is 15.9 Å². The average molecular weight is 317 g/mol. The van der Waals surface area contributed by atoms with Gasteiger partial charge in [0.1, 0.15) is 0 Å². The summed E-state index contributed by atoms with van der Waals surface area (Å²) in [6.45, 7) is 0. The lowest BCUT2D eigenvalue weighted by Gasteiger charge is -2.00. The Hall–Kier alpha value is -1.07. The van der Waals surface area contributed by atoms with Crippen LogP contribution in [0.3, 0.4) is 0 Å². The largest absolute Gasteiger partial charge is 0.294 e. The van der Waals surface area contributed by atoms with Crippen molar-refractivity contribution < 1.29 is 13.6 Å². The standard InChI is InChI=1S/C12H7BrF2OS/c13-12-5-8(6-17-12)11(16)4-7-1-2-9(14)10(15)3-7/h1-3,5-6H,4H2. The molecule has 5 heteroatoms. The smallest absolute Gasteiger partial charge is 0.168 e. The first-order valence-corrected chi connectivity index (χ1v) is 6.44. The molecule has 0 amide bonds. The van der Waals surface area contributed by atoms with Crippen LogP contribution in [0.25, 0.3) is 0 Å². The first-order chi connectivity index (χ1) is 8.06. The molecule has 0 saturated carbocycles. The van der Waals surface area contributed by atoms with E-state index in [9.17, 15) is 13.6 Å². The van der Waals surface area contributed by atoms with E-state index < -0.39 is 11.6 Å². The lowest BCUT2D eigenvalue weighted by atomic mass is 10.1. The molecule has 0 spiro atoms. The van der Waals surface area contributed by atoms with E-state index in [0.29, 0.717) is 11.1 Å². The lowest BCUT2D eigenvalue weighted by Crippen LogP contribution is -2.02. The van der Waals surface area contributed by atoms with Crippen molar-refractivity contribution in [2.24, 2.45) is 0 Å². The van der Waals surface area contributed by atoms with E-state index in [1.807, 2.05) is 0 Å². The van der Waals surface area contributed by atoms with Crippen molar-refractivity contribution in [1.29, 1.82) is 0 Å². The molecule has 0 radical (unpaired) electrons. The Morgan fingerprint density at radius 2 is 2.00 bits per heavy atom. The molecule has 17 heavy (non-hydrogen) atoms. The van der Waals surface area contributed by atoms with Crippen molar-refractivity contribution in [3.8, 4) is 0 Å². The number of Topliss-reactive ketones (excluding diaryl/α,β-unsaturated/α-hetero) is 1. The summed E-state index contributed by atoms with van der Waals surface area (Å²) < 4.78 is 26.5. The van der Waals surface area contributed by atoms with E-state index in [-0.39, 0.29) is 12.2 Å². The molecule has 0 saturated heterocycles. The zero-order chi connectivity index (χ0) is 12.4. The molecule has 0 aliphatic carbocycles. The van der Waals surface area contributed by atoms with Crippen molar-refractivity contribution >= 4 is 33.0 Å². The summed E-state index contributed by atoms with van der Waals surface area (Å²) in [4.78, 5) is 11.8. The van der Waals surface area contributed by atoms with Crippen LogP contribution in [0.5, 0.6) is 0 Å². The van der Waals surface area contributed by atoms with Crippen molar-refractivity contribution in [2.45, 2.75) is 6.42 Å². The van der Waals surface area contributed by atoms with Gasteiger partial charge in [-0.05, 0) is 39.7 Å². The summed E-state index contributed by atoms with van der Waals surface area (Å²) in [6, 6.07) is 5.21. The summed E-state index contributed by atoms with van der Waals surface area (Å²) >= 11 is 4.67. The molecule has 2 aromatic rings. The molecule has 0 unspecified atom stereocenters. The summed E-state index contributed by atoms with van der Waals surface area (Å²) in [5, 5.41) is 1.73. The maximum absolute atomic E-state index is 12.9. The number of rotatable bonds is 3. The molecule has 1 nitrogen and oxygen atoms in total. The molecule has 1 aromatic carbocycles. The third kappa shape index (κ3) is 2.98. The minimum Gasteiger partial charge on any atom is -0.294 e. The highest BCUT2D eigenvalue weighted by Crippen LogP contribution is 2.22. The van der Waals surface area contributed by atoms with Gasteiger partial charge in [0.05, 0.1) is 3.79 Å². The first kappa shape index (κ1) is 12.4. The zero-order valence-electron chi connectivity index (χ0n) is 8.54. The van der Waals surface area contributed by atoms with Crippen LogP contribution in [-0.4, -0.2) is 5.78 Å². The number of benzene rings is 1. The van der Waals surface area contributed by atoms with E-state index in [2.05, 4.69) is 15.9 Å². The van der Waals surface area contributed by atoms with E-state index in [1.165, 1.54) is 17.4 Å². The van der Waals surface area contributed by atoms with Crippen LogP contribution in [0, 0.1) is 11.6 Å². The van der Waals surface area contributed by atoms with Gasteiger partial charge in [-0.1, -0.05) is 6.07 Å². The van der Waals surface area contributed by atoms with Crippen LogP contribution in [0.2, 0.25) is 0 Å². The first-order valence-electron chi connectivity index (χ1n) is 4.77. The SMILES string of the molecule is O=C(Cc1ccc(F)c(F)c1)c1csc(Br)c1. The summed E-state index contributed by atoms with van der Waals surface area (Å²) in [5.41, 5.74) is 1.04. The number of hydrogen-bond acceptors (Lipinski definition) is 2. The quantitative estimate of drug-likeness (QED) is 0.775. The van der Waals surface area contributed by atoms with Crippen molar-refractivity contribution in [2.75, 3.05) is 0 Å². The molecule has 88 valence electrons. The summed E-state index contributed by atoms with van der Waals surface area (Å²) in [7, 11) is 0. The van der Waals surface area contributed by atoms with Gasteiger partial charge < -0.3 is 0 Å². The number of ketones is 1. The molecule has 0 N–H and O–H groups in total. The molecule has 1 aromatic heterocycles. The van der Waals surface area contributed by atoms with Crippen molar-refractivity contribution in [3.63, 3.8) is 0 Å². The molecular formula is C12H7BrF2OS. The number of carbonyl (C=O) groups excluding carboxylic acids is 1. The van der Waals surface area contributed by atoms with Crippen LogP contribution in [0.4, 0.5) is 8.78 Å². The highest BCUT2D eigenvalue weighted by atomic mass is 79.9. The van der Waals surface area contributed by atoms with Gasteiger partial charge in [-0.15, -0.1) is 11.3 Å². The Bertz CT molecular complexity index is 565. The summed E-state index contributed by atoms with van der Waals surface area (Å²) in [6.07, 6.45) is 0.0698. The van der Waals surface area contributed by atoms with E-state index in [4.69, 9.17) is 0 Å². The number of hydrogen-bond donors (Lipinski definition) is 0. The monoisotopic (exact) mass is 316 g/mol. The third-order valence-corrected chi connectivity index (χ3v) is 3.74. The van der Waals surface area contributed by atoms with Gasteiger partial charge in [0.15, 0.2) is 17.4 Å². The average Bonchev–Trinajstić information content (AvgIpc) is 2.70. The molecule has 1 heterocycles. The molecular weight excluding hydrogens is 310 g/mol. The normalized spacial score (nSPS) is 10.5. The van der Waals surface area contributed by atoms with Gasteiger partial charge >= 0.3 is 0 Å². The predicted octanol–water partition coefficient (Wildman–Crippen LogP) is 4.21. The maximum Gasteiger partial charge on any atom is 0.168 e. The van der Waals surface area contributed by atoms with Crippen molar-refractivity contribution in [1.82, 2.24) is 0 Å². The number of halogens is 3. The fourth-order valence-corrected chi connectivity index (χ4v) is 2.55. The Balaban J connectivity index is 2.15.